The first kappa shape index (κ1) is 11.0. The van der Waals surface area contributed by atoms with E-state index in [4.69, 9.17) is 16.9 Å². The fraction of sp³-hybridized carbons (Fsp3) is 0.222. The number of nitrogens with zero attached hydrogens (tertiary/aromatic N) is 1. The molecule has 0 bridgehead atoms. The number of halogens is 1. The molecule has 0 aromatic heterocycles. The number of benzene rings is 1. The summed E-state index contributed by atoms with van der Waals surface area (Å²) in [5.41, 5.74) is 0. The molecule has 1 aromatic rings. The van der Waals surface area contributed by atoms with Crippen LogP contribution in [0.25, 0.3) is 0 Å². The lowest BCUT2D eigenvalue weighted by molar-refractivity contribution is 0.587. The largest absolute Gasteiger partial charge is 0.232 e. The predicted octanol–water partition coefficient (Wildman–Crippen LogP) is 1.94. The Morgan fingerprint density at radius 1 is 1.36 bits per heavy atom. The second-order valence-electron chi connectivity index (χ2n) is 2.85. The zero-order chi connectivity index (χ0) is 10.8. The standard InChI is InChI=1S/C9H8ClNO2S/c1-9(10,7-11)14(12,13)8-5-3-2-4-6-8/h2-6H,1H3. The molecule has 0 N–H and O–H groups in total. The minimum Gasteiger partial charge on any atom is -0.221 e. The van der Waals surface area contributed by atoms with E-state index in [-0.39, 0.29) is 4.90 Å². The van der Waals surface area contributed by atoms with E-state index in [1.807, 2.05) is 0 Å². The van der Waals surface area contributed by atoms with Crippen molar-refractivity contribution in [2.24, 2.45) is 0 Å². The van der Waals surface area contributed by atoms with E-state index in [0.717, 1.165) is 6.92 Å². The zero-order valence-electron chi connectivity index (χ0n) is 7.44. The maximum atomic E-state index is 11.7. The van der Waals surface area contributed by atoms with Crippen LogP contribution in [0, 0.1) is 11.3 Å². The summed E-state index contributed by atoms with van der Waals surface area (Å²) in [7, 11) is -3.78. The van der Waals surface area contributed by atoms with E-state index >= 15 is 0 Å². The van der Waals surface area contributed by atoms with Crippen LogP contribution in [0.15, 0.2) is 35.2 Å². The van der Waals surface area contributed by atoms with Crippen LogP contribution in [0.5, 0.6) is 0 Å². The highest BCUT2D eigenvalue weighted by molar-refractivity contribution is 7.94. The summed E-state index contributed by atoms with van der Waals surface area (Å²) in [5.74, 6) is 0. The number of sulfone groups is 1. The van der Waals surface area contributed by atoms with Crippen molar-refractivity contribution in [1.29, 1.82) is 5.26 Å². The summed E-state index contributed by atoms with van der Waals surface area (Å²) >= 11 is 5.60. The van der Waals surface area contributed by atoms with Gasteiger partial charge in [-0.2, -0.15) is 5.26 Å². The monoisotopic (exact) mass is 229 g/mol. The third-order valence-electron chi connectivity index (χ3n) is 1.76. The summed E-state index contributed by atoms with van der Waals surface area (Å²) in [6.45, 7) is 1.16. The highest BCUT2D eigenvalue weighted by Gasteiger charge is 2.38. The zero-order valence-corrected chi connectivity index (χ0v) is 9.01. The summed E-state index contributed by atoms with van der Waals surface area (Å²) < 4.78 is 21.6. The van der Waals surface area contributed by atoms with Gasteiger partial charge in [-0.1, -0.05) is 29.8 Å². The average molecular weight is 230 g/mol. The Morgan fingerprint density at radius 2 is 1.86 bits per heavy atom. The van der Waals surface area contributed by atoms with E-state index in [1.165, 1.54) is 12.1 Å². The lowest BCUT2D eigenvalue weighted by Gasteiger charge is -2.13. The normalized spacial score (nSPS) is 15.5. The van der Waals surface area contributed by atoms with Gasteiger partial charge < -0.3 is 0 Å². The minimum absolute atomic E-state index is 0.0547. The first-order chi connectivity index (χ1) is 6.42. The third-order valence-corrected chi connectivity index (χ3v) is 4.45. The molecule has 14 heavy (non-hydrogen) atoms. The summed E-state index contributed by atoms with van der Waals surface area (Å²) in [4.78, 5) is 0.0547. The van der Waals surface area contributed by atoms with E-state index in [2.05, 4.69) is 0 Å². The van der Waals surface area contributed by atoms with E-state index < -0.39 is 14.0 Å². The predicted molar refractivity (Wildman–Crippen MR) is 53.5 cm³/mol. The second kappa shape index (κ2) is 3.60. The molecule has 0 saturated heterocycles. The van der Waals surface area contributed by atoms with Gasteiger partial charge in [-0.3, -0.25) is 0 Å². The highest BCUT2D eigenvalue weighted by Crippen LogP contribution is 2.28. The second-order valence-corrected chi connectivity index (χ2v) is 6.12. The molecule has 0 aliphatic carbocycles. The molecule has 0 heterocycles. The van der Waals surface area contributed by atoms with Crippen molar-refractivity contribution in [2.75, 3.05) is 0 Å². The van der Waals surface area contributed by atoms with E-state index in [0.29, 0.717) is 0 Å². The van der Waals surface area contributed by atoms with Gasteiger partial charge in [0.25, 0.3) is 0 Å². The van der Waals surface area contributed by atoms with Crippen LogP contribution in [0.1, 0.15) is 6.92 Å². The smallest absolute Gasteiger partial charge is 0.221 e. The Morgan fingerprint density at radius 3 is 2.29 bits per heavy atom. The van der Waals surface area contributed by atoms with E-state index in [9.17, 15) is 8.42 Å². The molecule has 0 aliphatic heterocycles. The van der Waals surface area contributed by atoms with Gasteiger partial charge in [0.2, 0.25) is 14.0 Å². The van der Waals surface area contributed by atoms with Crippen molar-refractivity contribution in [3.05, 3.63) is 30.3 Å². The van der Waals surface area contributed by atoms with Gasteiger partial charge in [0.15, 0.2) is 0 Å². The van der Waals surface area contributed by atoms with Crippen LogP contribution in [-0.4, -0.2) is 12.6 Å². The van der Waals surface area contributed by atoms with Crippen molar-refractivity contribution in [3.8, 4) is 6.07 Å². The van der Waals surface area contributed by atoms with Crippen molar-refractivity contribution in [1.82, 2.24) is 0 Å². The van der Waals surface area contributed by atoms with E-state index in [1.54, 1.807) is 24.3 Å². The molecule has 1 atom stereocenters. The number of hydrogen-bond donors (Lipinski definition) is 0. The van der Waals surface area contributed by atoms with Crippen molar-refractivity contribution in [2.45, 2.75) is 16.0 Å². The number of hydrogen-bond acceptors (Lipinski definition) is 3. The quantitative estimate of drug-likeness (QED) is 0.729. The molecule has 1 rings (SSSR count). The summed E-state index contributed by atoms with van der Waals surface area (Å²) in [5, 5.41) is 8.63. The topological polar surface area (TPSA) is 57.9 Å². The number of alkyl halides is 1. The molecule has 74 valence electrons. The van der Waals surface area contributed by atoms with Gasteiger partial charge in [0.1, 0.15) is 6.07 Å². The lowest BCUT2D eigenvalue weighted by atomic mass is 10.4. The molecular weight excluding hydrogens is 222 g/mol. The number of rotatable bonds is 2. The summed E-state index contributed by atoms with van der Waals surface area (Å²) in [6.07, 6.45) is 0. The van der Waals surface area contributed by atoms with Crippen molar-refractivity contribution in [3.63, 3.8) is 0 Å². The first-order valence-electron chi connectivity index (χ1n) is 3.81. The Labute approximate surface area is 87.8 Å². The Balaban J connectivity index is 3.32. The maximum Gasteiger partial charge on any atom is 0.232 e. The van der Waals surface area contributed by atoms with Gasteiger partial charge in [-0.05, 0) is 19.1 Å². The maximum absolute atomic E-state index is 11.7. The Kier molecular flexibility index (Phi) is 2.84. The Bertz CT molecular complexity index is 459. The average Bonchev–Trinajstić information content (AvgIpc) is 2.19. The van der Waals surface area contributed by atoms with Crippen LogP contribution < -0.4 is 0 Å². The van der Waals surface area contributed by atoms with Crippen LogP contribution in [0.2, 0.25) is 0 Å². The van der Waals surface area contributed by atoms with Crippen molar-refractivity contribution >= 4 is 21.4 Å². The molecule has 0 saturated carbocycles. The van der Waals surface area contributed by atoms with Gasteiger partial charge in [-0.25, -0.2) is 8.42 Å². The third kappa shape index (κ3) is 1.74. The molecule has 1 aromatic carbocycles. The van der Waals surface area contributed by atoms with Gasteiger partial charge in [0, 0.05) is 0 Å². The van der Waals surface area contributed by atoms with Gasteiger partial charge >= 0.3 is 0 Å². The fourth-order valence-corrected chi connectivity index (χ4v) is 2.23. The lowest BCUT2D eigenvalue weighted by Crippen LogP contribution is -2.27. The minimum atomic E-state index is -3.78. The van der Waals surface area contributed by atoms with Gasteiger partial charge in [-0.15, -0.1) is 0 Å². The van der Waals surface area contributed by atoms with Gasteiger partial charge in [0.05, 0.1) is 4.90 Å². The molecule has 0 radical (unpaired) electrons. The van der Waals surface area contributed by atoms with Crippen molar-refractivity contribution < 1.29 is 8.42 Å². The van der Waals surface area contributed by atoms with Crippen LogP contribution in [-0.2, 0) is 9.84 Å². The molecule has 0 spiro atoms. The molecule has 3 nitrogen and oxygen atoms in total. The molecule has 0 amide bonds. The summed E-state index contributed by atoms with van der Waals surface area (Å²) in [6, 6.07) is 9.23. The molecule has 0 aliphatic rings. The Hall–Kier alpha value is -1.05. The van der Waals surface area contributed by atoms with Crippen LogP contribution >= 0.6 is 11.6 Å². The SMILES string of the molecule is CC(Cl)(C#N)S(=O)(=O)c1ccccc1. The molecular formula is C9H8ClNO2S. The molecule has 5 heteroatoms. The fourth-order valence-electron chi connectivity index (χ4n) is 0.881. The highest BCUT2D eigenvalue weighted by atomic mass is 35.5. The number of nitriles is 1. The van der Waals surface area contributed by atoms with Crippen LogP contribution in [0.3, 0.4) is 0 Å². The molecule has 0 fully saturated rings. The van der Waals surface area contributed by atoms with Crippen LogP contribution in [0.4, 0.5) is 0 Å². The first-order valence-corrected chi connectivity index (χ1v) is 5.68. The molecule has 1 unspecified atom stereocenters.